The van der Waals surface area contributed by atoms with Crippen LogP contribution in [-0.2, 0) is 21.4 Å². The molecule has 1 heterocycles. The van der Waals surface area contributed by atoms with Crippen LogP contribution in [0.2, 0.25) is 0 Å². The number of hydrogen-bond donors (Lipinski definition) is 3. The monoisotopic (exact) mass is 386 g/mol. The van der Waals surface area contributed by atoms with Crippen molar-refractivity contribution in [1.29, 1.82) is 0 Å². The number of aromatic nitrogens is 2. The molecule has 0 bridgehead atoms. The number of aliphatic hydroxyl groups is 1. The van der Waals surface area contributed by atoms with E-state index in [1.54, 1.807) is 20.8 Å². The lowest BCUT2D eigenvalue weighted by molar-refractivity contribution is -0.163. The second-order valence-corrected chi connectivity index (χ2v) is 9.32. The summed E-state index contributed by atoms with van der Waals surface area (Å²) < 4.78 is 5.47. The molecule has 2 aromatic rings. The van der Waals surface area contributed by atoms with Gasteiger partial charge in [0.25, 0.3) is 5.56 Å². The minimum atomic E-state index is -1.35. The number of esters is 1. The standard InChI is InChI=1S/C22H30N2O4/c1-12(2)28-20(26)18-16(13-7-9-14(10-8-13)21(3,4)5)17-15(11-22(18,6)27)23-24-19(17)25/h7-10,12,16,18,27H,11H2,1-6H3,(H2,23,24,25)/t16-,18+,22-/m1/s1. The molecule has 0 saturated heterocycles. The Morgan fingerprint density at radius 1 is 1.21 bits per heavy atom. The van der Waals surface area contributed by atoms with Gasteiger partial charge < -0.3 is 14.9 Å². The Morgan fingerprint density at radius 3 is 2.36 bits per heavy atom. The average Bonchev–Trinajstić information content (AvgIpc) is 2.91. The van der Waals surface area contributed by atoms with E-state index in [0.717, 1.165) is 11.1 Å². The molecule has 28 heavy (non-hydrogen) atoms. The van der Waals surface area contributed by atoms with E-state index in [0.29, 0.717) is 11.3 Å². The number of carbonyl (C=O) groups is 1. The Hall–Kier alpha value is -2.34. The minimum absolute atomic E-state index is 0.0106. The molecule has 1 aliphatic carbocycles. The van der Waals surface area contributed by atoms with Crippen molar-refractivity contribution < 1.29 is 14.6 Å². The third-order valence-electron chi connectivity index (χ3n) is 5.49. The predicted octanol–water partition coefficient (Wildman–Crippen LogP) is 3.01. The molecular formula is C22H30N2O4. The Balaban J connectivity index is 2.15. The molecule has 0 amide bonds. The van der Waals surface area contributed by atoms with Crippen molar-refractivity contribution in [3.8, 4) is 0 Å². The van der Waals surface area contributed by atoms with Gasteiger partial charge in [0.1, 0.15) is 0 Å². The third-order valence-corrected chi connectivity index (χ3v) is 5.49. The lowest BCUT2D eigenvalue weighted by Crippen LogP contribution is -2.50. The predicted molar refractivity (Wildman–Crippen MR) is 107 cm³/mol. The molecule has 3 rings (SSSR count). The molecule has 0 aliphatic heterocycles. The zero-order chi connectivity index (χ0) is 20.9. The Morgan fingerprint density at radius 2 is 1.82 bits per heavy atom. The van der Waals surface area contributed by atoms with Gasteiger partial charge in [-0.25, -0.2) is 0 Å². The Bertz CT molecular complexity index is 913. The van der Waals surface area contributed by atoms with Crippen molar-refractivity contribution in [2.75, 3.05) is 0 Å². The van der Waals surface area contributed by atoms with Crippen LogP contribution in [0.25, 0.3) is 0 Å². The molecule has 1 aliphatic rings. The highest BCUT2D eigenvalue weighted by Crippen LogP contribution is 2.44. The van der Waals surface area contributed by atoms with Gasteiger partial charge in [-0.05, 0) is 37.3 Å². The summed E-state index contributed by atoms with van der Waals surface area (Å²) in [6, 6.07) is 7.92. The van der Waals surface area contributed by atoms with E-state index in [9.17, 15) is 14.7 Å². The highest BCUT2D eigenvalue weighted by atomic mass is 16.5. The second-order valence-electron chi connectivity index (χ2n) is 9.32. The molecule has 0 spiro atoms. The molecular weight excluding hydrogens is 356 g/mol. The largest absolute Gasteiger partial charge is 0.463 e. The first-order valence-corrected chi connectivity index (χ1v) is 9.74. The molecule has 6 heteroatoms. The van der Waals surface area contributed by atoms with Crippen LogP contribution >= 0.6 is 0 Å². The summed E-state index contributed by atoms with van der Waals surface area (Å²) in [6.45, 7) is 11.6. The normalized spacial score (nSPS) is 24.9. The van der Waals surface area contributed by atoms with Gasteiger partial charge in [0.05, 0.1) is 17.6 Å². The summed E-state index contributed by atoms with van der Waals surface area (Å²) in [5.41, 5.74) is 1.47. The summed E-state index contributed by atoms with van der Waals surface area (Å²) in [4.78, 5) is 25.5. The summed E-state index contributed by atoms with van der Waals surface area (Å²) in [5, 5.41) is 16.6. The number of aromatic amines is 2. The van der Waals surface area contributed by atoms with Gasteiger partial charge in [-0.3, -0.25) is 14.7 Å². The number of carbonyl (C=O) groups excluding carboxylic acids is 1. The lowest BCUT2D eigenvalue weighted by atomic mass is 9.66. The van der Waals surface area contributed by atoms with E-state index < -0.39 is 23.4 Å². The SMILES string of the molecule is CC(C)OC(=O)[C@@H]1[C@H](c2ccc(C(C)(C)C)cc2)c2c([nH][nH]c2=O)C[C@@]1(C)O. The minimum Gasteiger partial charge on any atom is -0.463 e. The van der Waals surface area contributed by atoms with Crippen LogP contribution in [0.15, 0.2) is 29.1 Å². The first kappa shape index (κ1) is 20.4. The molecule has 0 saturated carbocycles. The van der Waals surface area contributed by atoms with Crippen LogP contribution in [0, 0.1) is 5.92 Å². The zero-order valence-corrected chi connectivity index (χ0v) is 17.4. The van der Waals surface area contributed by atoms with Crippen molar-refractivity contribution in [2.45, 2.75) is 71.0 Å². The van der Waals surface area contributed by atoms with E-state index in [-0.39, 0.29) is 23.5 Å². The van der Waals surface area contributed by atoms with E-state index in [1.807, 2.05) is 24.3 Å². The number of hydrogen-bond acceptors (Lipinski definition) is 4. The van der Waals surface area contributed by atoms with Gasteiger partial charge in [-0.2, -0.15) is 0 Å². The average molecular weight is 386 g/mol. The first-order valence-electron chi connectivity index (χ1n) is 9.74. The van der Waals surface area contributed by atoms with E-state index >= 15 is 0 Å². The number of ether oxygens (including phenoxy) is 1. The highest BCUT2D eigenvalue weighted by Gasteiger charge is 2.51. The van der Waals surface area contributed by atoms with E-state index in [4.69, 9.17) is 4.74 Å². The maximum atomic E-state index is 13.0. The maximum Gasteiger partial charge on any atom is 0.313 e. The van der Waals surface area contributed by atoms with Gasteiger partial charge in [0, 0.05) is 23.6 Å². The van der Waals surface area contributed by atoms with Crippen LogP contribution < -0.4 is 5.56 Å². The van der Waals surface area contributed by atoms with Crippen molar-refractivity contribution in [3.05, 3.63) is 57.0 Å². The number of nitrogens with one attached hydrogen (secondary N) is 2. The topological polar surface area (TPSA) is 95.2 Å². The molecule has 152 valence electrons. The molecule has 0 unspecified atom stereocenters. The number of rotatable bonds is 3. The number of fused-ring (bicyclic) bond motifs is 1. The van der Waals surface area contributed by atoms with Crippen LogP contribution in [0.3, 0.4) is 0 Å². The maximum absolute atomic E-state index is 13.0. The van der Waals surface area contributed by atoms with Crippen molar-refractivity contribution in [3.63, 3.8) is 0 Å². The molecule has 0 fully saturated rings. The smallest absolute Gasteiger partial charge is 0.313 e. The van der Waals surface area contributed by atoms with E-state index in [2.05, 4.69) is 31.0 Å². The Kier molecular flexibility index (Phi) is 5.04. The summed E-state index contributed by atoms with van der Waals surface area (Å²) in [6.07, 6.45) is -0.131. The third kappa shape index (κ3) is 3.65. The van der Waals surface area contributed by atoms with Crippen molar-refractivity contribution in [2.24, 2.45) is 5.92 Å². The van der Waals surface area contributed by atoms with Gasteiger partial charge in [-0.1, -0.05) is 45.0 Å². The van der Waals surface area contributed by atoms with E-state index in [1.165, 1.54) is 0 Å². The van der Waals surface area contributed by atoms with Gasteiger partial charge in [0.15, 0.2) is 0 Å². The quantitative estimate of drug-likeness (QED) is 0.707. The van der Waals surface area contributed by atoms with Gasteiger partial charge in [0.2, 0.25) is 0 Å². The van der Waals surface area contributed by atoms with Gasteiger partial charge >= 0.3 is 5.97 Å². The van der Waals surface area contributed by atoms with Gasteiger partial charge in [-0.15, -0.1) is 0 Å². The molecule has 0 radical (unpaired) electrons. The molecule has 1 aromatic heterocycles. The van der Waals surface area contributed by atoms with Crippen LogP contribution in [0.5, 0.6) is 0 Å². The van der Waals surface area contributed by atoms with Crippen LogP contribution in [0.4, 0.5) is 0 Å². The summed E-state index contributed by atoms with van der Waals surface area (Å²) >= 11 is 0. The lowest BCUT2D eigenvalue weighted by Gasteiger charge is -2.40. The van der Waals surface area contributed by atoms with Crippen molar-refractivity contribution >= 4 is 5.97 Å². The summed E-state index contributed by atoms with van der Waals surface area (Å²) in [7, 11) is 0. The summed E-state index contributed by atoms with van der Waals surface area (Å²) in [5.74, 6) is -1.95. The van der Waals surface area contributed by atoms with Crippen LogP contribution in [0.1, 0.15) is 69.8 Å². The number of benzene rings is 1. The van der Waals surface area contributed by atoms with Crippen LogP contribution in [-0.4, -0.2) is 33.0 Å². The fourth-order valence-electron chi connectivity index (χ4n) is 4.11. The first-order chi connectivity index (χ1) is 12.9. The fraction of sp³-hybridized carbons (Fsp3) is 0.545. The molecule has 6 nitrogen and oxygen atoms in total. The molecule has 1 aromatic carbocycles. The highest BCUT2D eigenvalue weighted by molar-refractivity contribution is 5.77. The zero-order valence-electron chi connectivity index (χ0n) is 17.4. The fourth-order valence-corrected chi connectivity index (χ4v) is 4.11. The molecule has 3 atom stereocenters. The second kappa shape index (κ2) is 6.92. The van der Waals surface area contributed by atoms with Crippen molar-refractivity contribution in [1.82, 2.24) is 10.2 Å². The molecule has 3 N–H and O–H groups in total. The number of H-pyrrole nitrogens is 2. The Labute approximate surface area is 165 Å².